The van der Waals surface area contributed by atoms with Crippen LogP contribution in [0.5, 0.6) is 11.5 Å². The Kier molecular flexibility index (Phi) is 6.64. The van der Waals surface area contributed by atoms with Crippen molar-refractivity contribution in [2.24, 2.45) is 0 Å². The van der Waals surface area contributed by atoms with E-state index in [9.17, 15) is 9.90 Å². The van der Waals surface area contributed by atoms with Crippen molar-refractivity contribution in [1.29, 1.82) is 0 Å². The topological polar surface area (TPSA) is 46.5 Å². The van der Waals surface area contributed by atoms with E-state index in [0.717, 1.165) is 11.3 Å². The Morgan fingerprint density at radius 1 is 1.21 bits per heavy atom. The first-order valence-corrected chi connectivity index (χ1v) is 8.11. The van der Waals surface area contributed by atoms with Gasteiger partial charge in [0.2, 0.25) is 0 Å². The number of aromatic hydroxyl groups is 1. The van der Waals surface area contributed by atoms with E-state index in [1.54, 1.807) is 24.3 Å². The van der Waals surface area contributed by atoms with Crippen molar-refractivity contribution in [1.82, 2.24) is 0 Å². The van der Waals surface area contributed by atoms with Crippen molar-refractivity contribution in [3.63, 3.8) is 0 Å². The molecule has 0 amide bonds. The van der Waals surface area contributed by atoms with Crippen LogP contribution >= 0.6 is 11.6 Å². The van der Waals surface area contributed by atoms with E-state index in [2.05, 4.69) is 6.58 Å². The summed E-state index contributed by atoms with van der Waals surface area (Å²) in [5, 5.41) is 9.74. The van der Waals surface area contributed by atoms with E-state index in [0.29, 0.717) is 30.0 Å². The molecular weight excluding hydrogens is 324 g/mol. The molecule has 0 radical (unpaired) electrons. The highest BCUT2D eigenvalue weighted by atomic mass is 35.5. The molecule has 0 aliphatic heterocycles. The van der Waals surface area contributed by atoms with Crippen LogP contribution in [-0.2, 0) is 6.42 Å². The summed E-state index contributed by atoms with van der Waals surface area (Å²) >= 11 is 5.70. The van der Waals surface area contributed by atoms with Crippen LogP contribution in [0.4, 0.5) is 0 Å². The zero-order valence-corrected chi connectivity index (χ0v) is 14.0. The Hall–Kier alpha value is -2.52. The van der Waals surface area contributed by atoms with E-state index >= 15 is 0 Å². The van der Waals surface area contributed by atoms with Crippen LogP contribution in [0.15, 0.2) is 61.2 Å². The molecule has 0 saturated heterocycles. The number of benzene rings is 2. The van der Waals surface area contributed by atoms with Gasteiger partial charge in [-0.2, -0.15) is 0 Å². The number of carbonyl (C=O) groups excluding carboxylic acids is 1. The number of allylic oxidation sites excluding steroid dienone is 1. The number of alkyl halides is 1. The fraction of sp³-hybridized carbons (Fsp3) is 0.150. The number of phenols is 1. The summed E-state index contributed by atoms with van der Waals surface area (Å²) in [7, 11) is 0. The fourth-order valence-corrected chi connectivity index (χ4v) is 2.34. The van der Waals surface area contributed by atoms with E-state index in [-0.39, 0.29) is 11.5 Å². The summed E-state index contributed by atoms with van der Waals surface area (Å²) in [4.78, 5) is 12.3. The summed E-state index contributed by atoms with van der Waals surface area (Å²) in [5.41, 5.74) is 2.09. The smallest absolute Gasteiger partial charge is 0.185 e. The SMILES string of the molecule is C=CCOc1ccc(C=CC(=O)c2ccc(O)c(CCCl)c2)cc1. The first kappa shape index (κ1) is 17.8. The normalized spacial score (nSPS) is 10.7. The van der Waals surface area contributed by atoms with Gasteiger partial charge in [0.1, 0.15) is 18.1 Å². The van der Waals surface area contributed by atoms with Crippen LogP contribution in [0.3, 0.4) is 0 Å². The van der Waals surface area contributed by atoms with Crippen LogP contribution in [0.1, 0.15) is 21.5 Å². The third-order valence-electron chi connectivity index (χ3n) is 3.40. The number of carbonyl (C=O) groups is 1. The second kappa shape index (κ2) is 8.94. The van der Waals surface area contributed by atoms with E-state index in [4.69, 9.17) is 16.3 Å². The molecule has 0 bridgehead atoms. The maximum atomic E-state index is 12.3. The molecule has 0 fully saturated rings. The van der Waals surface area contributed by atoms with Crippen LogP contribution in [0.25, 0.3) is 6.08 Å². The zero-order valence-electron chi connectivity index (χ0n) is 13.2. The number of hydrogen-bond acceptors (Lipinski definition) is 3. The number of aryl methyl sites for hydroxylation is 1. The van der Waals surface area contributed by atoms with Gasteiger partial charge in [-0.1, -0.05) is 30.9 Å². The Bertz CT molecular complexity index is 733. The molecule has 0 heterocycles. The lowest BCUT2D eigenvalue weighted by Crippen LogP contribution is -1.97. The van der Waals surface area contributed by atoms with Crippen LogP contribution in [0, 0.1) is 0 Å². The van der Waals surface area contributed by atoms with E-state index < -0.39 is 0 Å². The molecule has 4 heteroatoms. The molecule has 2 aromatic carbocycles. The Morgan fingerprint density at radius 2 is 1.96 bits per heavy atom. The molecular formula is C20H19ClO3. The maximum Gasteiger partial charge on any atom is 0.185 e. The molecule has 24 heavy (non-hydrogen) atoms. The summed E-state index contributed by atoms with van der Waals surface area (Å²) in [5.74, 6) is 1.17. The highest BCUT2D eigenvalue weighted by Gasteiger charge is 2.07. The Balaban J connectivity index is 2.07. The molecule has 2 aromatic rings. The van der Waals surface area contributed by atoms with Gasteiger partial charge in [0.25, 0.3) is 0 Å². The first-order valence-electron chi connectivity index (χ1n) is 7.58. The molecule has 1 N–H and O–H groups in total. The number of halogens is 1. The van der Waals surface area contributed by atoms with Crippen molar-refractivity contribution in [2.45, 2.75) is 6.42 Å². The van der Waals surface area contributed by atoms with Crippen LogP contribution in [0.2, 0.25) is 0 Å². The summed E-state index contributed by atoms with van der Waals surface area (Å²) < 4.78 is 5.41. The minimum Gasteiger partial charge on any atom is -0.508 e. The van der Waals surface area contributed by atoms with Gasteiger partial charge < -0.3 is 9.84 Å². The molecule has 124 valence electrons. The van der Waals surface area contributed by atoms with Crippen molar-refractivity contribution < 1.29 is 14.6 Å². The van der Waals surface area contributed by atoms with Crippen molar-refractivity contribution in [3.8, 4) is 11.5 Å². The van der Waals surface area contributed by atoms with Crippen molar-refractivity contribution in [3.05, 3.63) is 77.9 Å². The van der Waals surface area contributed by atoms with Gasteiger partial charge >= 0.3 is 0 Å². The van der Waals surface area contributed by atoms with Gasteiger partial charge in [-0.3, -0.25) is 4.79 Å². The highest BCUT2D eigenvalue weighted by molar-refractivity contribution is 6.18. The third kappa shape index (κ3) is 5.00. The van der Waals surface area contributed by atoms with E-state index in [1.165, 1.54) is 12.1 Å². The monoisotopic (exact) mass is 342 g/mol. The average molecular weight is 343 g/mol. The summed E-state index contributed by atoms with van der Waals surface area (Å²) in [6.07, 6.45) is 5.46. The number of ketones is 1. The minimum absolute atomic E-state index is 0.127. The number of rotatable bonds is 8. The molecule has 0 aromatic heterocycles. The standard InChI is InChI=1S/C20H19ClO3/c1-2-13-24-18-7-3-15(4-8-18)5-9-19(22)16-6-10-20(23)17(14-16)11-12-21/h2-10,14,23H,1,11-13H2. The lowest BCUT2D eigenvalue weighted by atomic mass is 10.0. The predicted octanol–water partition coefficient (Wildman–Crippen LogP) is 4.63. The van der Waals surface area contributed by atoms with Gasteiger partial charge in [-0.15, -0.1) is 11.6 Å². The Labute approximate surface area is 146 Å². The molecule has 0 aliphatic carbocycles. The number of hydrogen-bond donors (Lipinski definition) is 1. The molecule has 3 nitrogen and oxygen atoms in total. The van der Waals surface area contributed by atoms with Crippen molar-refractivity contribution >= 4 is 23.5 Å². The molecule has 0 spiro atoms. The largest absolute Gasteiger partial charge is 0.508 e. The van der Waals surface area contributed by atoms with Crippen LogP contribution < -0.4 is 4.74 Å². The van der Waals surface area contributed by atoms with Gasteiger partial charge in [0.15, 0.2) is 5.78 Å². The maximum absolute atomic E-state index is 12.3. The highest BCUT2D eigenvalue weighted by Crippen LogP contribution is 2.20. The lowest BCUT2D eigenvalue weighted by Gasteiger charge is -2.04. The molecule has 0 atom stereocenters. The van der Waals surface area contributed by atoms with Gasteiger partial charge in [0, 0.05) is 11.4 Å². The summed E-state index contributed by atoms with van der Waals surface area (Å²) in [6.45, 7) is 4.05. The quantitative estimate of drug-likeness (QED) is 0.329. The molecule has 0 aliphatic rings. The number of ether oxygens (including phenoxy) is 1. The van der Waals surface area contributed by atoms with E-state index in [1.807, 2.05) is 24.3 Å². The molecule has 2 rings (SSSR count). The summed E-state index contributed by atoms with van der Waals surface area (Å²) in [6, 6.07) is 12.2. The fourth-order valence-electron chi connectivity index (χ4n) is 2.14. The minimum atomic E-state index is -0.127. The van der Waals surface area contributed by atoms with Crippen molar-refractivity contribution in [2.75, 3.05) is 12.5 Å². The predicted molar refractivity (Wildman–Crippen MR) is 98.0 cm³/mol. The third-order valence-corrected chi connectivity index (χ3v) is 3.59. The molecule has 0 saturated carbocycles. The van der Waals surface area contributed by atoms with Gasteiger partial charge in [-0.05, 0) is 54.0 Å². The average Bonchev–Trinajstić information content (AvgIpc) is 2.61. The van der Waals surface area contributed by atoms with Gasteiger partial charge in [0.05, 0.1) is 0 Å². The second-order valence-corrected chi connectivity index (χ2v) is 5.53. The Morgan fingerprint density at radius 3 is 2.62 bits per heavy atom. The second-order valence-electron chi connectivity index (χ2n) is 5.15. The van der Waals surface area contributed by atoms with Gasteiger partial charge in [-0.25, -0.2) is 0 Å². The lowest BCUT2D eigenvalue weighted by molar-refractivity contribution is 0.104. The molecule has 0 unspecified atom stereocenters. The zero-order chi connectivity index (χ0) is 17.4. The first-order chi connectivity index (χ1) is 11.6. The van der Waals surface area contributed by atoms with Crippen LogP contribution in [-0.4, -0.2) is 23.4 Å². The number of phenolic OH excluding ortho intramolecular Hbond substituents is 1.